The van der Waals surface area contributed by atoms with Gasteiger partial charge in [0, 0.05) is 44.0 Å². The van der Waals surface area contributed by atoms with E-state index in [0.29, 0.717) is 0 Å². The first-order valence-electron chi connectivity index (χ1n) is 8.38. The second kappa shape index (κ2) is 6.80. The topological polar surface area (TPSA) is 61.0 Å². The third-order valence-corrected chi connectivity index (χ3v) is 4.64. The predicted octanol–water partition coefficient (Wildman–Crippen LogP) is 1.70. The molecule has 1 fully saturated rings. The van der Waals surface area contributed by atoms with Crippen LogP contribution in [0.15, 0.2) is 6.33 Å². The van der Waals surface area contributed by atoms with Crippen molar-refractivity contribution in [3.8, 4) is 0 Å². The summed E-state index contributed by atoms with van der Waals surface area (Å²) >= 11 is 0. The van der Waals surface area contributed by atoms with Crippen molar-refractivity contribution in [1.82, 2.24) is 29.4 Å². The Morgan fingerprint density at radius 3 is 2.78 bits per heavy atom. The third-order valence-electron chi connectivity index (χ3n) is 4.64. The maximum atomic E-state index is 5.93. The van der Waals surface area contributed by atoms with Gasteiger partial charge in [-0.1, -0.05) is 0 Å². The molecule has 0 radical (unpaired) electrons. The van der Waals surface area contributed by atoms with Crippen molar-refractivity contribution in [2.75, 3.05) is 19.7 Å². The first-order chi connectivity index (χ1) is 11.1. The molecule has 7 heteroatoms. The number of aryl methyl sites for hydroxylation is 3. The minimum Gasteiger partial charge on any atom is -0.368 e. The van der Waals surface area contributed by atoms with Crippen LogP contribution in [0.4, 0.5) is 0 Å². The minimum atomic E-state index is -0.00645. The molecule has 23 heavy (non-hydrogen) atoms. The first kappa shape index (κ1) is 16.1. The van der Waals surface area contributed by atoms with Crippen LogP contribution in [0.2, 0.25) is 0 Å². The summed E-state index contributed by atoms with van der Waals surface area (Å²) in [5.74, 6) is 0.926. The van der Waals surface area contributed by atoms with Crippen molar-refractivity contribution < 1.29 is 4.74 Å². The van der Waals surface area contributed by atoms with Gasteiger partial charge in [-0.25, -0.2) is 0 Å². The molecule has 0 saturated carbocycles. The first-order valence-corrected chi connectivity index (χ1v) is 8.38. The summed E-state index contributed by atoms with van der Waals surface area (Å²) in [5.41, 5.74) is 3.73. The Morgan fingerprint density at radius 2 is 2.09 bits per heavy atom. The maximum Gasteiger partial charge on any atom is 0.163 e. The van der Waals surface area contributed by atoms with Crippen LogP contribution in [0.3, 0.4) is 0 Å². The van der Waals surface area contributed by atoms with Crippen LogP contribution >= 0.6 is 0 Å². The average molecular weight is 318 g/mol. The monoisotopic (exact) mass is 318 g/mol. The number of aromatic nitrogens is 5. The van der Waals surface area contributed by atoms with Crippen molar-refractivity contribution in [2.45, 2.75) is 53.4 Å². The largest absolute Gasteiger partial charge is 0.368 e. The predicted molar refractivity (Wildman–Crippen MR) is 87.0 cm³/mol. The molecule has 2 aromatic heterocycles. The molecule has 1 aliphatic heterocycles. The fourth-order valence-corrected chi connectivity index (χ4v) is 3.25. The highest BCUT2D eigenvalue weighted by Crippen LogP contribution is 2.23. The van der Waals surface area contributed by atoms with Crippen molar-refractivity contribution in [1.29, 1.82) is 0 Å². The summed E-state index contributed by atoms with van der Waals surface area (Å²) < 4.78 is 10.1. The molecule has 0 spiro atoms. The van der Waals surface area contributed by atoms with Crippen LogP contribution in [0.25, 0.3) is 0 Å². The van der Waals surface area contributed by atoms with Crippen LogP contribution in [0.1, 0.15) is 42.7 Å². The van der Waals surface area contributed by atoms with E-state index in [2.05, 4.69) is 57.1 Å². The quantitative estimate of drug-likeness (QED) is 0.840. The number of ether oxygens (including phenoxy) is 1. The number of hydrogen-bond acceptors (Lipinski definition) is 5. The summed E-state index contributed by atoms with van der Waals surface area (Å²) in [6.07, 6.45) is 1.77. The Hall–Kier alpha value is -1.73. The van der Waals surface area contributed by atoms with E-state index in [-0.39, 0.29) is 6.10 Å². The van der Waals surface area contributed by atoms with E-state index >= 15 is 0 Å². The van der Waals surface area contributed by atoms with E-state index < -0.39 is 0 Å². The summed E-state index contributed by atoms with van der Waals surface area (Å²) in [4.78, 5) is 2.43. The van der Waals surface area contributed by atoms with Gasteiger partial charge >= 0.3 is 0 Å². The van der Waals surface area contributed by atoms with Gasteiger partial charge in [-0.05, 0) is 27.7 Å². The average Bonchev–Trinajstić information content (AvgIpc) is 3.14. The smallest absolute Gasteiger partial charge is 0.163 e. The molecule has 0 aliphatic carbocycles. The molecule has 0 bridgehead atoms. The summed E-state index contributed by atoms with van der Waals surface area (Å²) in [7, 11) is 0. The molecule has 0 amide bonds. The van der Waals surface area contributed by atoms with Gasteiger partial charge in [-0.3, -0.25) is 9.58 Å². The highest BCUT2D eigenvalue weighted by atomic mass is 16.5. The van der Waals surface area contributed by atoms with E-state index in [1.807, 2.05) is 0 Å². The molecule has 3 rings (SSSR count). The third kappa shape index (κ3) is 3.16. The second-order valence-electron chi connectivity index (χ2n) is 6.03. The van der Waals surface area contributed by atoms with Crippen LogP contribution in [0, 0.1) is 13.8 Å². The molecule has 1 aliphatic rings. The maximum absolute atomic E-state index is 5.93. The highest BCUT2D eigenvalue weighted by Gasteiger charge is 2.27. The number of rotatable bonds is 5. The summed E-state index contributed by atoms with van der Waals surface area (Å²) in [6.45, 7) is 13.7. The van der Waals surface area contributed by atoms with Gasteiger partial charge in [-0.2, -0.15) is 5.10 Å². The van der Waals surface area contributed by atoms with Crippen LogP contribution < -0.4 is 0 Å². The lowest BCUT2D eigenvalue weighted by atomic mass is 10.1. The van der Waals surface area contributed by atoms with Gasteiger partial charge in [0.2, 0.25) is 0 Å². The van der Waals surface area contributed by atoms with Crippen LogP contribution in [0.5, 0.6) is 0 Å². The molecular weight excluding hydrogens is 292 g/mol. The van der Waals surface area contributed by atoms with Crippen molar-refractivity contribution in [2.24, 2.45) is 0 Å². The van der Waals surface area contributed by atoms with Crippen molar-refractivity contribution in [3.63, 3.8) is 0 Å². The van der Waals surface area contributed by atoms with Crippen molar-refractivity contribution in [3.05, 3.63) is 29.1 Å². The zero-order valence-corrected chi connectivity index (χ0v) is 14.5. The minimum absolute atomic E-state index is 0.00645. The van der Waals surface area contributed by atoms with Gasteiger partial charge in [-0.15, -0.1) is 10.2 Å². The van der Waals surface area contributed by atoms with Gasteiger partial charge in [0.1, 0.15) is 12.4 Å². The molecule has 7 nitrogen and oxygen atoms in total. The molecule has 0 aromatic carbocycles. The van der Waals surface area contributed by atoms with E-state index in [9.17, 15) is 0 Å². The van der Waals surface area contributed by atoms with E-state index in [1.54, 1.807) is 6.33 Å². The van der Waals surface area contributed by atoms with Gasteiger partial charge in [0.15, 0.2) is 5.82 Å². The number of hydrogen-bond donors (Lipinski definition) is 0. The molecule has 3 heterocycles. The van der Waals surface area contributed by atoms with Gasteiger partial charge in [0.25, 0.3) is 0 Å². The molecular formula is C16H26N6O. The Morgan fingerprint density at radius 1 is 1.26 bits per heavy atom. The second-order valence-corrected chi connectivity index (χ2v) is 6.03. The number of morpholine rings is 1. The Kier molecular flexibility index (Phi) is 4.77. The molecule has 1 saturated heterocycles. The fourth-order valence-electron chi connectivity index (χ4n) is 3.25. The molecule has 1 atom stereocenters. The molecule has 126 valence electrons. The highest BCUT2D eigenvalue weighted by molar-refractivity contribution is 5.24. The summed E-state index contributed by atoms with van der Waals surface area (Å²) in [5, 5.41) is 12.9. The number of nitrogens with zero attached hydrogens (tertiary/aromatic N) is 6. The van der Waals surface area contributed by atoms with Gasteiger partial charge < -0.3 is 9.30 Å². The fraction of sp³-hybridized carbons (Fsp3) is 0.688. The zero-order chi connectivity index (χ0) is 16.4. The van der Waals surface area contributed by atoms with E-state index in [4.69, 9.17) is 4.74 Å². The van der Waals surface area contributed by atoms with Gasteiger partial charge in [0.05, 0.1) is 12.3 Å². The van der Waals surface area contributed by atoms with E-state index in [1.165, 1.54) is 11.3 Å². The Labute approximate surface area is 137 Å². The summed E-state index contributed by atoms with van der Waals surface area (Å²) in [6, 6.07) is 0. The SMILES string of the molecule is CCn1cnnc1[C@H]1CN(Cc2c(C)nn(CC)c2C)CCO1. The standard InChI is InChI=1S/C16H26N6O/c1-5-21-11-17-18-16(21)15-10-20(7-8-23-15)9-14-12(3)19-22(6-2)13(14)4/h11,15H,5-10H2,1-4H3/t15-/m1/s1. The lowest BCUT2D eigenvalue weighted by molar-refractivity contribution is -0.0389. The Balaban J connectivity index is 1.73. The zero-order valence-electron chi connectivity index (χ0n) is 14.5. The van der Waals surface area contributed by atoms with Crippen LogP contribution in [-0.4, -0.2) is 49.1 Å². The van der Waals surface area contributed by atoms with Crippen LogP contribution in [-0.2, 0) is 24.4 Å². The Bertz CT molecular complexity index is 662. The van der Waals surface area contributed by atoms with E-state index in [0.717, 1.165) is 50.8 Å². The lowest BCUT2D eigenvalue weighted by Crippen LogP contribution is -2.39. The molecule has 2 aromatic rings. The van der Waals surface area contributed by atoms with Crippen molar-refractivity contribution >= 4 is 0 Å². The normalized spacial score (nSPS) is 19.4. The lowest BCUT2D eigenvalue weighted by Gasteiger charge is -2.32. The molecule has 0 N–H and O–H groups in total. The molecule has 0 unspecified atom stereocenters.